The van der Waals surface area contributed by atoms with Gasteiger partial charge >= 0.3 is 6.09 Å². The van der Waals surface area contributed by atoms with Gasteiger partial charge < -0.3 is 30.5 Å². The molecule has 0 saturated carbocycles. The third-order valence-electron chi connectivity index (χ3n) is 8.22. The molecule has 2 aromatic carbocycles. The van der Waals surface area contributed by atoms with Gasteiger partial charge in [-0.15, -0.1) is 0 Å². The summed E-state index contributed by atoms with van der Waals surface area (Å²) in [4.78, 5) is 28.4. The van der Waals surface area contributed by atoms with Gasteiger partial charge in [-0.2, -0.15) is 0 Å². The van der Waals surface area contributed by atoms with Crippen molar-refractivity contribution in [1.29, 1.82) is 0 Å². The zero-order valence-electron chi connectivity index (χ0n) is 24.0. The van der Waals surface area contributed by atoms with E-state index in [1.807, 2.05) is 18.7 Å². The van der Waals surface area contributed by atoms with Crippen molar-refractivity contribution in [3.63, 3.8) is 0 Å². The highest BCUT2D eigenvalue weighted by Crippen LogP contribution is 2.34. The minimum Gasteiger partial charge on any atom is -0.453 e. The van der Waals surface area contributed by atoms with Crippen molar-refractivity contribution in [3.8, 4) is 0 Å². The Kier molecular flexibility index (Phi) is 9.21. The molecule has 2 aromatic rings. The second-order valence-electron chi connectivity index (χ2n) is 11.3. The minimum atomic E-state index is -0.665. The molecule has 3 aliphatic rings. The summed E-state index contributed by atoms with van der Waals surface area (Å²) in [6.07, 6.45) is -0.613. The smallest absolute Gasteiger partial charge is 0.409 e. The zero-order chi connectivity index (χ0) is 30.0. The Morgan fingerprint density at radius 2 is 1.74 bits per heavy atom. The molecule has 3 saturated heterocycles. The van der Waals surface area contributed by atoms with Gasteiger partial charge in [0.05, 0.1) is 18.8 Å². The fraction of sp³-hybridized carbons (Fsp3) is 0.517. The van der Waals surface area contributed by atoms with Crippen molar-refractivity contribution < 1.29 is 27.5 Å². The number of halogens is 3. The van der Waals surface area contributed by atoms with E-state index in [1.54, 1.807) is 11.0 Å². The van der Waals surface area contributed by atoms with Crippen molar-refractivity contribution in [1.82, 2.24) is 31.7 Å². The van der Waals surface area contributed by atoms with E-state index in [0.717, 1.165) is 0 Å². The summed E-state index contributed by atoms with van der Waals surface area (Å²) in [6, 6.07) is 6.66. The molecule has 3 aliphatic heterocycles. The van der Waals surface area contributed by atoms with Crippen LogP contribution >= 0.6 is 0 Å². The summed E-state index contributed by atoms with van der Waals surface area (Å²) in [5.41, 5.74) is 7.19. The lowest BCUT2D eigenvalue weighted by Crippen LogP contribution is -2.50. The molecule has 3 heterocycles. The Hall–Kier alpha value is -3.39. The highest BCUT2D eigenvalue weighted by molar-refractivity contribution is 5.95. The first-order valence-corrected chi connectivity index (χ1v) is 14.3. The number of benzene rings is 2. The number of rotatable bonds is 7. The van der Waals surface area contributed by atoms with Gasteiger partial charge in [0.2, 0.25) is 0 Å². The second kappa shape index (κ2) is 12.9. The summed E-state index contributed by atoms with van der Waals surface area (Å²) in [5.74, 6) is -2.68. The molecule has 4 unspecified atom stereocenters. The molecule has 42 heavy (non-hydrogen) atoms. The number of fused-ring (bicyclic) bond motifs is 1. The Balaban J connectivity index is 1.22. The maximum absolute atomic E-state index is 15.1. The van der Waals surface area contributed by atoms with E-state index in [9.17, 15) is 9.59 Å². The number of ether oxygens (including phenoxy) is 1. The Bertz CT molecular complexity index is 1280. The number of hydrazine groups is 1. The zero-order valence-corrected chi connectivity index (χ0v) is 24.0. The third kappa shape index (κ3) is 6.48. The first kappa shape index (κ1) is 30.1. The topological polar surface area (TPSA) is 110 Å². The number of carbonyl (C=O) groups excluding carboxylic acids is 2. The number of hydrogen-bond donors (Lipinski definition) is 5. The number of amides is 2. The Labute approximate surface area is 243 Å². The Morgan fingerprint density at radius 1 is 1.02 bits per heavy atom. The molecule has 13 heteroatoms. The van der Waals surface area contributed by atoms with Gasteiger partial charge in [0.25, 0.3) is 5.91 Å². The molecule has 4 atom stereocenters. The van der Waals surface area contributed by atoms with E-state index < -0.39 is 41.7 Å². The molecule has 3 fully saturated rings. The van der Waals surface area contributed by atoms with Crippen LogP contribution in [0.3, 0.4) is 0 Å². The quantitative estimate of drug-likeness (QED) is 0.335. The predicted molar refractivity (Wildman–Crippen MR) is 151 cm³/mol. The maximum atomic E-state index is 15.1. The van der Waals surface area contributed by atoms with Crippen LogP contribution in [0.25, 0.3) is 0 Å². The number of anilines is 1. The van der Waals surface area contributed by atoms with Crippen LogP contribution < -0.4 is 31.7 Å². The Morgan fingerprint density at radius 3 is 2.38 bits per heavy atom. The number of carbonyl (C=O) groups is 2. The minimum absolute atomic E-state index is 0.0206. The van der Waals surface area contributed by atoms with E-state index in [4.69, 9.17) is 4.74 Å². The normalized spacial score (nSPS) is 24.1. The first-order valence-electron chi connectivity index (χ1n) is 14.3. The lowest BCUT2D eigenvalue weighted by atomic mass is 9.84. The van der Waals surface area contributed by atoms with E-state index >= 15 is 13.2 Å². The second-order valence-corrected chi connectivity index (χ2v) is 11.3. The summed E-state index contributed by atoms with van der Waals surface area (Å²) in [7, 11) is 1.33. The van der Waals surface area contributed by atoms with Crippen LogP contribution in [-0.4, -0.2) is 75.0 Å². The number of piperazine rings is 1. The van der Waals surface area contributed by atoms with Gasteiger partial charge in [-0.3, -0.25) is 10.2 Å². The number of piperidine rings is 1. The monoisotopic (exact) mass is 589 g/mol. The van der Waals surface area contributed by atoms with Gasteiger partial charge in [-0.1, -0.05) is 13.8 Å². The van der Waals surface area contributed by atoms with E-state index in [0.29, 0.717) is 56.9 Å². The molecule has 0 aromatic heterocycles. The molecular weight excluding hydrogens is 551 g/mol. The van der Waals surface area contributed by atoms with Crippen molar-refractivity contribution in [2.24, 2.45) is 5.92 Å². The van der Waals surface area contributed by atoms with Crippen molar-refractivity contribution in [2.75, 3.05) is 44.7 Å². The average Bonchev–Trinajstić information content (AvgIpc) is 3.37. The van der Waals surface area contributed by atoms with Gasteiger partial charge in [0.15, 0.2) is 0 Å². The molecule has 10 nitrogen and oxygen atoms in total. The molecule has 2 amide bonds. The number of methoxy groups -OCH3 is 1. The van der Waals surface area contributed by atoms with Gasteiger partial charge in [-0.05, 0) is 42.3 Å². The largest absolute Gasteiger partial charge is 0.453 e. The van der Waals surface area contributed by atoms with Crippen LogP contribution in [0.1, 0.15) is 47.8 Å². The van der Waals surface area contributed by atoms with E-state index in [1.165, 1.54) is 31.4 Å². The molecule has 5 N–H and O–H groups in total. The summed E-state index contributed by atoms with van der Waals surface area (Å²) in [6.45, 7) is 6.62. The fourth-order valence-corrected chi connectivity index (χ4v) is 5.91. The predicted octanol–water partition coefficient (Wildman–Crippen LogP) is 2.37. The molecule has 0 aliphatic carbocycles. The summed E-state index contributed by atoms with van der Waals surface area (Å²) >= 11 is 0. The number of hydrogen-bond acceptors (Lipinski definition) is 8. The van der Waals surface area contributed by atoms with Crippen molar-refractivity contribution in [3.05, 3.63) is 64.5 Å². The molecule has 5 rings (SSSR count). The van der Waals surface area contributed by atoms with Crippen molar-refractivity contribution >= 4 is 17.7 Å². The third-order valence-corrected chi connectivity index (χ3v) is 8.22. The van der Waals surface area contributed by atoms with Crippen LogP contribution in [0, 0.1) is 23.4 Å². The summed E-state index contributed by atoms with van der Waals surface area (Å²) in [5, 5.41) is 9.23. The number of nitrogens with one attached hydrogen (secondary N) is 5. The van der Waals surface area contributed by atoms with Gasteiger partial charge in [0.1, 0.15) is 17.5 Å². The van der Waals surface area contributed by atoms with Crippen LogP contribution in [0.5, 0.6) is 0 Å². The SMILES string of the molecule is COC(=O)N1CCN(c2ccc(C(=O)NC3NNC4CNC(c5c(F)cc(CNC(C)C)cc5F)CC43)c(F)c2)CC1. The first-order chi connectivity index (χ1) is 20.1. The lowest BCUT2D eigenvalue weighted by molar-refractivity contribution is 0.0909. The van der Waals surface area contributed by atoms with Crippen molar-refractivity contribution in [2.45, 2.75) is 51.1 Å². The summed E-state index contributed by atoms with van der Waals surface area (Å²) < 4.78 is 50.1. The molecular formula is C29H38F3N7O3. The lowest BCUT2D eigenvalue weighted by Gasteiger charge is -2.35. The van der Waals surface area contributed by atoms with Crippen LogP contribution in [0.4, 0.5) is 23.7 Å². The van der Waals surface area contributed by atoms with E-state index in [-0.39, 0.29) is 29.1 Å². The average molecular weight is 590 g/mol. The molecule has 0 radical (unpaired) electrons. The molecule has 228 valence electrons. The fourth-order valence-electron chi connectivity index (χ4n) is 5.91. The van der Waals surface area contributed by atoms with E-state index in [2.05, 4.69) is 26.8 Å². The van der Waals surface area contributed by atoms with Crippen LogP contribution in [0.2, 0.25) is 0 Å². The van der Waals surface area contributed by atoms with Crippen LogP contribution in [0.15, 0.2) is 30.3 Å². The van der Waals surface area contributed by atoms with Crippen LogP contribution in [-0.2, 0) is 11.3 Å². The standard InChI is InChI=1S/C29H38F3N7O3/c1-16(2)33-14-17-10-22(31)26(23(32)11-17)24-13-20-25(15-34-24)36-37-27(20)35-28(40)19-5-4-18(12-21(19)30)38-6-8-39(9-7-38)29(41)42-3/h4-5,10-12,16,20,24-25,27,33-34,36-37H,6-9,13-15H2,1-3H3,(H,35,40). The molecule has 0 bridgehead atoms. The maximum Gasteiger partial charge on any atom is 0.409 e. The van der Waals surface area contributed by atoms with Gasteiger partial charge in [0, 0.05) is 74.6 Å². The number of nitrogens with zero attached hydrogens (tertiary/aromatic N) is 2. The molecule has 0 spiro atoms. The highest BCUT2D eigenvalue weighted by Gasteiger charge is 2.42. The van der Waals surface area contributed by atoms with Gasteiger partial charge in [-0.25, -0.2) is 23.4 Å². The highest BCUT2D eigenvalue weighted by atomic mass is 19.1.